The number of piperidine rings is 1. The first-order valence-electron chi connectivity index (χ1n) is 9.27. The molecule has 1 saturated heterocycles. The zero-order valence-corrected chi connectivity index (χ0v) is 15.7. The fourth-order valence-corrected chi connectivity index (χ4v) is 3.64. The normalized spacial score (nSPS) is 19.6. The summed E-state index contributed by atoms with van der Waals surface area (Å²) in [6.45, 7) is 4.71. The number of nitrogens with one attached hydrogen (secondary N) is 1. The summed E-state index contributed by atoms with van der Waals surface area (Å²) in [7, 11) is 0. The molecular formula is C22H25FN2O2. The van der Waals surface area contributed by atoms with Crippen LogP contribution in [0.3, 0.4) is 0 Å². The van der Waals surface area contributed by atoms with Crippen molar-refractivity contribution >= 4 is 11.8 Å². The van der Waals surface area contributed by atoms with Crippen LogP contribution in [0.4, 0.5) is 4.39 Å². The SMILES string of the molecule is CC(=O)N1CC(C(=O)NCc2ccccc2)CC(c2ccc(F)c(C)c2)C1. The Bertz CT molecular complexity index is 822. The van der Waals surface area contributed by atoms with E-state index in [0.29, 0.717) is 31.6 Å². The van der Waals surface area contributed by atoms with Gasteiger partial charge in [0.1, 0.15) is 5.82 Å². The molecule has 142 valence electrons. The quantitative estimate of drug-likeness (QED) is 0.899. The van der Waals surface area contributed by atoms with Crippen molar-refractivity contribution in [1.82, 2.24) is 10.2 Å². The van der Waals surface area contributed by atoms with E-state index in [4.69, 9.17) is 0 Å². The average Bonchev–Trinajstić information content (AvgIpc) is 2.68. The second-order valence-electron chi connectivity index (χ2n) is 7.27. The van der Waals surface area contributed by atoms with Crippen molar-refractivity contribution in [3.8, 4) is 0 Å². The van der Waals surface area contributed by atoms with E-state index >= 15 is 0 Å². The predicted molar refractivity (Wildman–Crippen MR) is 103 cm³/mol. The number of likely N-dealkylation sites (tertiary alicyclic amines) is 1. The molecule has 0 saturated carbocycles. The molecule has 0 aromatic heterocycles. The Morgan fingerprint density at radius 2 is 1.89 bits per heavy atom. The standard InChI is InChI=1S/C22H25FN2O2/c1-15-10-18(8-9-21(15)23)19-11-20(14-25(13-19)16(2)26)22(27)24-12-17-6-4-3-5-7-17/h3-10,19-20H,11-14H2,1-2H3,(H,24,27). The number of hydrogen-bond donors (Lipinski definition) is 1. The lowest BCUT2D eigenvalue weighted by molar-refractivity contribution is -0.134. The Hall–Kier alpha value is -2.69. The van der Waals surface area contributed by atoms with Crippen molar-refractivity contribution in [1.29, 1.82) is 0 Å². The lowest BCUT2D eigenvalue weighted by Crippen LogP contribution is -2.47. The number of hydrogen-bond acceptors (Lipinski definition) is 2. The monoisotopic (exact) mass is 368 g/mol. The lowest BCUT2D eigenvalue weighted by atomic mass is 9.83. The smallest absolute Gasteiger partial charge is 0.225 e. The van der Waals surface area contributed by atoms with Gasteiger partial charge in [0.2, 0.25) is 11.8 Å². The van der Waals surface area contributed by atoms with E-state index in [0.717, 1.165) is 11.1 Å². The average molecular weight is 368 g/mol. The summed E-state index contributed by atoms with van der Waals surface area (Å²) in [5, 5.41) is 2.98. The third-order valence-corrected chi connectivity index (χ3v) is 5.23. The lowest BCUT2D eigenvalue weighted by Gasteiger charge is -2.37. The van der Waals surface area contributed by atoms with Crippen molar-refractivity contribution in [2.75, 3.05) is 13.1 Å². The molecule has 2 aromatic rings. The van der Waals surface area contributed by atoms with Gasteiger partial charge in [-0.05, 0) is 36.1 Å². The number of halogens is 1. The molecule has 27 heavy (non-hydrogen) atoms. The van der Waals surface area contributed by atoms with Gasteiger partial charge >= 0.3 is 0 Å². The molecule has 2 amide bonds. The maximum atomic E-state index is 13.6. The molecule has 3 rings (SSSR count). The summed E-state index contributed by atoms with van der Waals surface area (Å²) >= 11 is 0. The van der Waals surface area contributed by atoms with Crippen molar-refractivity contribution < 1.29 is 14.0 Å². The maximum Gasteiger partial charge on any atom is 0.225 e. The number of carbonyl (C=O) groups excluding carboxylic acids is 2. The third kappa shape index (κ3) is 4.73. The number of aryl methyl sites for hydroxylation is 1. The minimum Gasteiger partial charge on any atom is -0.352 e. The number of nitrogens with zero attached hydrogens (tertiary/aromatic N) is 1. The molecule has 0 radical (unpaired) electrons. The van der Waals surface area contributed by atoms with Gasteiger partial charge < -0.3 is 10.2 Å². The Kier molecular flexibility index (Phi) is 5.89. The largest absolute Gasteiger partial charge is 0.352 e. The predicted octanol–water partition coefficient (Wildman–Crippen LogP) is 3.40. The maximum absolute atomic E-state index is 13.6. The van der Waals surface area contributed by atoms with Crippen LogP contribution in [-0.2, 0) is 16.1 Å². The molecule has 4 nitrogen and oxygen atoms in total. The molecule has 1 aliphatic heterocycles. The summed E-state index contributed by atoms with van der Waals surface area (Å²) in [5.41, 5.74) is 2.59. The zero-order chi connectivity index (χ0) is 19.4. The van der Waals surface area contributed by atoms with Crippen LogP contribution in [0.15, 0.2) is 48.5 Å². The highest BCUT2D eigenvalue weighted by Crippen LogP contribution is 2.31. The molecule has 0 spiro atoms. The van der Waals surface area contributed by atoms with Crippen LogP contribution >= 0.6 is 0 Å². The number of carbonyl (C=O) groups is 2. The fourth-order valence-electron chi connectivity index (χ4n) is 3.64. The number of amides is 2. The van der Waals surface area contributed by atoms with Crippen LogP contribution in [0.2, 0.25) is 0 Å². The van der Waals surface area contributed by atoms with Gasteiger partial charge in [-0.25, -0.2) is 4.39 Å². The van der Waals surface area contributed by atoms with Crippen molar-refractivity contribution in [2.45, 2.75) is 32.7 Å². The molecule has 2 atom stereocenters. The van der Waals surface area contributed by atoms with Crippen LogP contribution in [0.1, 0.15) is 36.0 Å². The summed E-state index contributed by atoms with van der Waals surface area (Å²) in [4.78, 5) is 26.4. The van der Waals surface area contributed by atoms with Crippen molar-refractivity contribution in [2.24, 2.45) is 5.92 Å². The molecule has 5 heteroatoms. The molecular weight excluding hydrogens is 343 g/mol. The van der Waals surface area contributed by atoms with Gasteiger partial charge in [0.05, 0.1) is 5.92 Å². The van der Waals surface area contributed by atoms with Crippen molar-refractivity contribution in [3.63, 3.8) is 0 Å². The van der Waals surface area contributed by atoms with E-state index in [1.165, 1.54) is 13.0 Å². The van der Waals surface area contributed by atoms with E-state index in [-0.39, 0.29) is 29.5 Å². The molecule has 0 bridgehead atoms. The summed E-state index contributed by atoms with van der Waals surface area (Å²) in [6.07, 6.45) is 0.648. The molecule has 1 heterocycles. The van der Waals surface area contributed by atoms with Gasteiger partial charge in [0.15, 0.2) is 0 Å². The van der Waals surface area contributed by atoms with E-state index in [2.05, 4.69) is 5.32 Å². The summed E-state index contributed by atoms with van der Waals surface area (Å²) in [6, 6.07) is 14.8. The zero-order valence-electron chi connectivity index (χ0n) is 15.7. The van der Waals surface area contributed by atoms with Crippen LogP contribution in [0.5, 0.6) is 0 Å². The number of rotatable bonds is 4. The topological polar surface area (TPSA) is 49.4 Å². The Morgan fingerprint density at radius 3 is 2.56 bits per heavy atom. The summed E-state index contributed by atoms with van der Waals surface area (Å²) < 4.78 is 13.6. The van der Waals surface area contributed by atoms with Crippen LogP contribution in [-0.4, -0.2) is 29.8 Å². The molecule has 0 aliphatic carbocycles. The first kappa shape index (κ1) is 19.1. The van der Waals surface area contributed by atoms with Crippen LogP contribution in [0, 0.1) is 18.7 Å². The highest BCUT2D eigenvalue weighted by molar-refractivity contribution is 5.81. The molecule has 2 unspecified atom stereocenters. The minimum atomic E-state index is -0.276. The van der Waals surface area contributed by atoms with E-state index in [1.807, 2.05) is 36.4 Å². The molecule has 2 aromatic carbocycles. The molecule has 1 aliphatic rings. The third-order valence-electron chi connectivity index (χ3n) is 5.23. The Morgan fingerprint density at radius 1 is 1.15 bits per heavy atom. The first-order valence-corrected chi connectivity index (χ1v) is 9.27. The van der Waals surface area contributed by atoms with E-state index in [9.17, 15) is 14.0 Å². The highest BCUT2D eigenvalue weighted by atomic mass is 19.1. The molecule has 1 fully saturated rings. The fraction of sp³-hybridized carbons (Fsp3) is 0.364. The van der Waals surface area contributed by atoms with Gasteiger partial charge in [-0.15, -0.1) is 0 Å². The van der Waals surface area contributed by atoms with E-state index < -0.39 is 0 Å². The summed E-state index contributed by atoms with van der Waals surface area (Å²) in [5.74, 6) is -0.584. The second-order valence-corrected chi connectivity index (χ2v) is 7.27. The van der Waals surface area contributed by atoms with Gasteiger partial charge in [0.25, 0.3) is 0 Å². The van der Waals surface area contributed by atoms with Gasteiger partial charge in [-0.3, -0.25) is 9.59 Å². The Balaban J connectivity index is 1.72. The second kappa shape index (κ2) is 8.33. The highest BCUT2D eigenvalue weighted by Gasteiger charge is 2.33. The van der Waals surface area contributed by atoms with Gasteiger partial charge in [-0.2, -0.15) is 0 Å². The molecule has 1 N–H and O–H groups in total. The van der Waals surface area contributed by atoms with Crippen LogP contribution < -0.4 is 5.32 Å². The first-order chi connectivity index (χ1) is 12.9. The van der Waals surface area contributed by atoms with E-state index in [1.54, 1.807) is 17.9 Å². The van der Waals surface area contributed by atoms with Gasteiger partial charge in [-0.1, -0.05) is 42.5 Å². The number of benzene rings is 2. The Labute approximate surface area is 159 Å². The van der Waals surface area contributed by atoms with Gasteiger partial charge in [0, 0.05) is 32.5 Å². The van der Waals surface area contributed by atoms with Crippen molar-refractivity contribution in [3.05, 3.63) is 71.0 Å². The van der Waals surface area contributed by atoms with Crippen LogP contribution in [0.25, 0.3) is 0 Å². The minimum absolute atomic E-state index is 0.0226.